The molecule has 4 aromatic carbocycles. The minimum Gasteiger partial charge on any atom is -0.457 e. The third-order valence-corrected chi connectivity index (χ3v) is 6.21. The number of thiazole rings is 1. The Morgan fingerprint density at radius 3 is 2.56 bits per heavy atom. The molecule has 0 saturated carbocycles. The van der Waals surface area contributed by atoms with E-state index in [1.54, 1.807) is 18.2 Å². The molecule has 0 N–H and O–H groups in total. The number of nitrogens with zero attached hydrogens (tertiary/aromatic N) is 2. The van der Waals surface area contributed by atoms with Crippen molar-refractivity contribution in [3.8, 4) is 23.8 Å². The largest absolute Gasteiger partial charge is 0.457 e. The Kier molecular flexibility index (Phi) is 5.29. The first-order valence-corrected chi connectivity index (χ1v) is 10.9. The normalized spacial score (nSPS) is 11.5. The molecule has 0 saturated heterocycles. The Balaban J connectivity index is 1.57. The first kappa shape index (κ1) is 19.8. The van der Waals surface area contributed by atoms with E-state index >= 15 is 0 Å². The summed E-state index contributed by atoms with van der Waals surface area (Å²) in [5.74, 6) is 3.62. The summed E-state index contributed by atoms with van der Waals surface area (Å²) in [4.78, 5) is 18.0. The van der Waals surface area contributed by atoms with E-state index in [1.807, 2.05) is 59.2 Å². The van der Waals surface area contributed by atoms with Gasteiger partial charge in [-0.05, 0) is 41.8 Å². The zero-order valence-electron chi connectivity index (χ0n) is 17.1. The third-order valence-electron chi connectivity index (χ3n) is 5.08. The van der Waals surface area contributed by atoms with Gasteiger partial charge in [-0.2, -0.15) is 4.99 Å². The molecule has 32 heavy (non-hydrogen) atoms. The number of para-hydroxylation sites is 1. The maximum Gasteiger partial charge on any atom is 0.279 e. The molecule has 1 amide bonds. The summed E-state index contributed by atoms with van der Waals surface area (Å²) in [5.41, 5.74) is 1.42. The van der Waals surface area contributed by atoms with Crippen LogP contribution >= 0.6 is 11.3 Å². The fraction of sp³-hybridized carbons (Fsp3) is 0.0370. The van der Waals surface area contributed by atoms with Gasteiger partial charge in [0, 0.05) is 10.9 Å². The summed E-state index contributed by atoms with van der Waals surface area (Å²) in [5, 5.41) is 2.26. The lowest BCUT2D eigenvalue weighted by Crippen LogP contribution is -2.16. The first-order valence-electron chi connectivity index (χ1n) is 10.1. The minimum atomic E-state index is -0.342. The number of hydrogen-bond donors (Lipinski definition) is 0. The monoisotopic (exact) mass is 434 g/mol. The molecule has 1 aromatic heterocycles. The molecule has 1 heterocycles. The van der Waals surface area contributed by atoms with Crippen molar-refractivity contribution < 1.29 is 9.53 Å². The molecule has 0 bridgehead atoms. The molecule has 4 nitrogen and oxygen atoms in total. The van der Waals surface area contributed by atoms with E-state index in [9.17, 15) is 4.79 Å². The van der Waals surface area contributed by atoms with Crippen LogP contribution in [-0.4, -0.2) is 10.5 Å². The summed E-state index contributed by atoms with van der Waals surface area (Å²) in [7, 11) is 0. The van der Waals surface area contributed by atoms with Crippen LogP contribution in [0.25, 0.3) is 21.0 Å². The molecule has 5 heteroatoms. The van der Waals surface area contributed by atoms with Crippen molar-refractivity contribution >= 4 is 38.2 Å². The van der Waals surface area contributed by atoms with Crippen molar-refractivity contribution in [2.24, 2.45) is 4.99 Å². The molecule has 5 rings (SSSR count). The van der Waals surface area contributed by atoms with Gasteiger partial charge in [0.15, 0.2) is 4.80 Å². The van der Waals surface area contributed by atoms with E-state index in [0.717, 1.165) is 21.0 Å². The Morgan fingerprint density at radius 2 is 1.72 bits per heavy atom. The minimum absolute atomic E-state index is 0.335. The summed E-state index contributed by atoms with van der Waals surface area (Å²) in [6.45, 7) is 0.335. The van der Waals surface area contributed by atoms with Gasteiger partial charge in [0.25, 0.3) is 5.91 Å². The number of ether oxygens (including phenoxy) is 1. The summed E-state index contributed by atoms with van der Waals surface area (Å²) in [6, 6.07) is 28.7. The van der Waals surface area contributed by atoms with Crippen LogP contribution in [0.15, 0.2) is 96.0 Å². The molecule has 0 aliphatic heterocycles. The quantitative estimate of drug-likeness (QED) is 0.325. The molecule has 0 aliphatic carbocycles. The smallest absolute Gasteiger partial charge is 0.279 e. The van der Waals surface area contributed by atoms with Crippen LogP contribution in [0.2, 0.25) is 0 Å². The molecule has 5 aromatic rings. The number of amides is 1. The lowest BCUT2D eigenvalue weighted by molar-refractivity contribution is 0.0997. The molecule has 0 unspecified atom stereocenters. The second-order valence-corrected chi connectivity index (χ2v) is 8.15. The van der Waals surface area contributed by atoms with Crippen molar-refractivity contribution in [2.45, 2.75) is 6.54 Å². The molecule has 154 valence electrons. The van der Waals surface area contributed by atoms with E-state index in [4.69, 9.17) is 11.2 Å². The number of aromatic nitrogens is 1. The number of carbonyl (C=O) groups excluding carboxylic acids is 1. The van der Waals surface area contributed by atoms with Crippen molar-refractivity contribution in [3.05, 3.63) is 101 Å². The molecule has 0 aliphatic rings. The summed E-state index contributed by atoms with van der Waals surface area (Å²) < 4.78 is 8.83. The number of hydrogen-bond acceptors (Lipinski definition) is 3. The van der Waals surface area contributed by atoms with Crippen LogP contribution in [0.5, 0.6) is 11.5 Å². The van der Waals surface area contributed by atoms with Crippen LogP contribution in [-0.2, 0) is 6.54 Å². The molecular formula is C27H18N2O2S. The Morgan fingerprint density at radius 1 is 0.938 bits per heavy atom. The van der Waals surface area contributed by atoms with Crippen LogP contribution in [0.4, 0.5) is 0 Å². The molecule has 0 fully saturated rings. The standard InChI is InChI=1S/C27H18N2O2S/c1-2-17-29-24-16-15-19-9-6-7-14-23(19)25(24)32-27(29)28-26(30)20-10-8-13-22(18-20)31-21-11-4-3-5-12-21/h1,3-16,18H,17H2. The van der Waals surface area contributed by atoms with Gasteiger partial charge in [-0.15, -0.1) is 6.42 Å². The average Bonchev–Trinajstić information content (AvgIpc) is 3.17. The lowest BCUT2D eigenvalue weighted by atomic mass is 10.1. The highest BCUT2D eigenvalue weighted by Crippen LogP contribution is 2.28. The van der Waals surface area contributed by atoms with Crippen molar-refractivity contribution in [1.82, 2.24) is 4.57 Å². The zero-order chi connectivity index (χ0) is 21.9. The fourth-order valence-corrected chi connectivity index (χ4v) is 4.76. The van der Waals surface area contributed by atoms with E-state index in [0.29, 0.717) is 28.4 Å². The lowest BCUT2D eigenvalue weighted by Gasteiger charge is -2.06. The van der Waals surface area contributed by atoms with Gasteiger partial charge in [-0.25, -0.2) is 0 Å². The predicted molar refractivity (Wildman–Crippen MR) is 129 cm³/mol. The highest BCUT2D eigenvalue weighted by molar-refractivity contribution is 7.17. The third kappa shape index (κ3) is 3.80. The summed E-state index contributed by atoms with van der Waals surface area (Å²) in [6.07, 6.45) is 5.62. The highest BCUT2D eigenvalue weighted by Gasteiger charge is 2.12. The van der Waals surface area contributed by atoms with E-state index in [2.05, 4.69) is 29.1 Å². The predicted octanol–water partition coefficient (Wildman–Crippen LogP) is 6.02. The fourth-order valence-electron chi connectivity index (χ4n) is 3.60. The van der Waals surface area contributed by atoms with Gasteiger partial charge in [-0.3, -0.25) is 4.79 Å². The maximum absolute atomic E-state index is 13.0. The number of terminal acetylenes is 1. The van der Waals surface area contributed by atoms with Gasteiger partial charge in [-0.1, -0.05) is 71.9 Å². The average molecular weight is 435 g/mol. The number of rotatable bonds is 4. The highest BCUT2D eigenvalue weighted by atomic mass is 32.1. The van der Waals surface area contributed by atoms with E-state index in [-0.39, 0.29) is 5.91 Å². The second-order valence-electron chi connectivity index (χ2n) is 7.17. The topological polar surface area (TPSA) is 43.6 Å². The number of fused-ring (bicyclic) bond motifs is 3. The van der Waals surface area contributed by atoms with Crippen LogP contribution in [0.1, 0.15) is 10.4 Å². The Labute approximate surface area is 189 Å². The number of benzene rings is 4. The van der Waals surface area contributed by atoms with Crippen LogP contribution in [0.3, 0.4) is 0 Å². The molecule has 0 atom stereocenters. The van der Waals surface area contributed by atoms with Gasteiger partial charge < -0.3 is 9.30 Å². The van der Waals surface area contributed by atoms with Crippen molar-refractivity contribution in [1.29, 1.82) is 0 Å². The molecule has 0 spiro atoms. The van der Waals surface area contributed by atoms with Gasteiger partial charge >= 0.3 is 0 Å². The second kappa shape index (κ2) is 8.54. The van der Waals surface area contributed by atoms with Gasteiger partial charge in [0.1, 0.15) is 11.5 Å². The summed E-state index contributed by atoms with van der Waals surface area (Å²) >= 11 is 1.47. The van der Waals surface area contributed by atoms with Gasteiger partial charge in [0.2, 0.25) is 0 Å². The number of carbonyl (C=O) groups is 1. The SMILES string of the molecule is C#CCn1c(=NC(=O)c2cccc(Oc3ccccc3)c2)sc2c3ccccc3ccc21. The van der Waals surface area contributed by atoms with E-state index in [1.165, 1.54) is 11.3 Å². The zero-order valence-corrected chi connectivity index (χ0v) is 17.9. The molecular weight excluding hydrogens is 416 g/mol. The van der Waals surface area contributed by atoms with Gasteiger partial charge in [0.05, 0.1) is 16.8 Å². The van der Waals surface area contributed by atoms with Crippen LogP contribution in [0, 0.1) is 12.3 Å². The maximum atomic E-state index is 13.0. The Bertz CT molecular complexity index is 1560. The van der Waals surface area contributed by atoms with Crippen molar-refractivity contribution in [3.63, 3.8) is 0 Å². The first-order chi connectivity index (χ1) is 15.7. The van der Waals surface area contributed by atoms with Crippen LogP contribution < -0.4 is 9.54 Å². The van der Waals surface area contributed by atoms with E-state index < -0.39 is 0 Å². The Hall–Kier alpha value is -4.14. The molecule has 0 radical (unpaired) electrons. The van der Waals surface area contributed by atoms with Crippen molar-refractivity contribution in [2.75, 3.05) is 0 Å².